The highest BCUT2D eigenvalue weighted by Crippen LogP contribution is 2.35. The smallest absolute Gasteiger partial charge is 0.222 e. The van der Waals surface area contributed by atoms with Gasteiger partial charge in [0, 0.05) is 44.9 Å². The van der Waals surface area contributed by atoms with E-state index >= 15 is 0 Å². The van der Waals surface area contributed by atoms with Crippen molar-refractivity contribution in [2.45, 2.75) is 40.3 Å². The fourth-order valence-corrected chi connectivity index (χ4v) is 4.05. The van der Waals surface area contributed by atoms with Crippen molar-refractivity contribution in [3.63, 3.8) is 0 Å². The van der Waals surface area contributed by atoms with Crippen LogP contribution in [0.25, 0.3) is 11.3 Å². The molecule has 3 rings (SSSR count). The van der Waals surface area contributed by atoms with Gasteiger partial charge in [0.05, 0.1) is 18.3 Å². The molecule has 0 fully saturated rings. The van der Waals surface area contributed by atoms with Gasteiger partial charge >= 0.3 is 0 Å². The van der Waals surface area contributed by atoms with Crippen LogP contribution in [0, 0.1) is 23.5 Å². The summed E-state index contributed by atoms with van der Waals surface area (Å²) in [5, 5.41) is 15.4. The molecule has 36 heavy (non-hydrogen) atoms. The summed E-state index contributed by atoms with van der Waals surface area (Å²) in [7, 11) is 1.73. The Morgan fingerprint density at radius 3 is 2.33 bits per heavy atom. The molecule has 196 valence electrons. The van der Waals surface area contributed by atoms with Gasteiger partial charge in [-0.15, -0.1) is 0 Å². The summed E-state index contributed by atoms with van der Waals surface area (Å²) in [6.07, 6.45) is -0.668. The van der Waals surface area contributed by atoms with Crippen LogP contribution in [0.1, 0.15) is 33.3 Å². The molecule has 0 unspecified atom stereocenters. The number of hydrogen-bond acceptors (Lipinski definition) is 5. The van der Waals surface area contributed by atoms with Crippen molar-refractivity contribution in [3.8, 4) is 22.9 Å². The largest absolute Gasteiger partial charge is 0.436 e. The molecular weight excluding hydrogens is 464 g/mol. The molecule has 0 aliphatic rings. The SMILES string of the molecule is CC(C)COC[C@@H](O)CN(Cc1c(-c2ccccc2)nn(C)c1Oc1ccc(F)cc1F)CC(C)C. The van der Waals surface area contributed by atoms with Gasteiger partial charge in [0.2, 0.25) is 5.88 Å². The molecule has 0 aliphatic carbocycles. The van der Waals surface area contributed by atoms with Crippen LogP contribution < -0.4 is 4.74 Å². The van der Waals surface area contributed by atoms with Gasteiger partial charge in [-0.3, -0.25) is 4.90 Å². The lowest BCUT2D eigenvalue weighted by atomic mass is 10.1. The van der Waals surface area contributed by atoms with Crippen molar-refractivity contribution >= 4 is 0 Å². The standard InChI is InChI=1S/C28H37F2N3O3/c1-19(2)14-33(15-23(34)18-35-17-20(3)4)16-24-27(21-9-7-6-8-10-21)31-32(5)28(24)36-26-12-11-22(29)13-25(26)30/h6-13,19-20,23,34H,14-18H2,1-5H3/t23-/m0/s1. The zero-order valence-corrected chi connectivity index (χ0v) is 21.7. The highest BCUT2D eigenvalue weighted by atomic mass is 19.1. The second-order valence-corrected chi connectivity index (χ2v) is 9.97. The van der Waals surface area contributed by atoms with Crippen LogP contribution in [0.4, 0.5) is 8.78 Å². The Morgan fingerprint density at radius 2 is 1.69 bits per heavy atom. The number of ether oxygens (including phenoxy) is 2. The maximum atomic E-state index is 14.5. The predicted octanol–water partition coefficient (Wildman–Crippen LogP) is 5.65. The third kappa shape index (κ3) is 7.85. The summed E-state index contributed by atoms with van der Waals surface area (Å²) in [5.41, 5.74) is 2.35. The number of benzene rings is 2. The van der Waals surface area contributed by atoms with E-state index in [9.17, 15) is 13.9 Å². The average Bonchev–Trinajstić information content (AvgIpc) is 3.10. The van der Waals surface area contributed by atoms with Crippen LogP contribution in [-0.2, 0) is 18.3 Å². The first-order valence-corrected chi connectivity index (χ1v) is 12.4. The van der Waals surface area contributed by atoms with E-state index in [-0.39, 0.29) is 12.4 Å². The van der Waals surface area contributed by atoms with Gasteiger partial charge < -0.3 is 14.6 Å². The number of nitrogens with zero attached hydrogens (tertiary/aromatic N) is 3. The fraction of sp³-hybridized carbons (Fsp3) is 0.464. The Hall–Kier alpha value is -2.81. The molecule has 6 nitrogen and oxygen atoms in total. The molecule has 1 aromatic heterocycles. The van der Waals surface area contributed by atoms with Crippen LogP contribution in [0.5, 0.6) is 11.6 Å². The van der Waals surface area contributed by atoms with Crippen molar-refractivity contribution in [1.82, 2.24) is 14.7 Å². The van der Waals surface area contributed by atoms with Crippen molar-refractivity contribution in [1.29, 1.82) is 0 Å². The first kappa shape index (κ1) is 27.8. The second-order valence-electron chi connectivity index (χ2n) is 9.97. The summed E-state index contributed by atoms with van der Waals surface area (Å²) in [6.45, 7) is 10.7. The van der Waals surface area contributed by atoms with E-state index < -0.39 is 17.7 Å². The maximum absolute atomic E-state index is 14.5. The lowest BCUT2D eigenvalue weighted by Gasteiger charge is -2.27. The number of rotatable bonds is 13. The number of aliphatic hydroxyl groups is 1. The van der Waals surface area contributed by atoms with Gasteiger partial charge in [-0.2, -0.15) is 5.10 Å². The zero-order chi connectivity index (χ0) is 26.2. The Morgan fingerprint density at radius 1 is 0.972 bits per heavy atom. The third-order valence-electron chi connectivity index (χ3n) is 5.47. The second kappa shape index (κ2) is 12.9. The van der Waals surface area contributed by atoms with Crippen molar-refractivity contribution in [3.05, 3.63) is 65.7 Å². The molecule has 0 amide bonds. The van der Waals surface area contributed by atoms with Gasteiger partial charge in [-0.1, -0.05) is 58.0 Å². The van der Waals surface area contributed by atoms with Crippen LogP contribution in [0.2, 0.25) is 0 Å². The molecule has 0 spiro atoms. The van der Waals surface area contributed by atoms with Crippen LogP contribution in [0.15, 0.2) is 48.5 Å². The van der Waals surface area contributed by atoms with Crippen LogP contribution in [0.3, 0.4) is 0 Å². The quantitative estimate of drug-likeness (QED) is 0.328. The van der Waals surface area contributed by atoms with E-state index in [1.165, 1.54) is 6.07 Å². The van der Waals surface area contributed by atoms with E-state index in [4.69, 9.17) is 9.47 Å². The summed E-state index contributed by atoms with van der Waals surface area (Å²) >= 11 is 0. The fourth-order valence-electron chi connectivity index (χ4n) is 4.05. The highest BCUT2D eigenvalue weighted by Gasteiger charge is 2.24. The topological polar surface area (TPSA) is 59.8 Å². The summed E-state index contributed by atoms with van der Waals surface area (Å²) < 4.78 is 41.1. The lowest BCUT2D eigenvalue weighted by Crippen LogP contribution is -2.37. The minimum atomic E-state index is -0.792. The average molecular weight is 502 g/mol. The number of halogens is 2. The molecule has 1 heterocycles. The summed E-state index contributed by atoms with van der Waals surface area (Å²) in [4.78, 5) is 2.13. The first-order valence-electron chi connectivity index (χ1n) is 12.4. The molecule has 3 aromatic rings. The Bertz CT molecular complexity index is 1100. The Labute approximate surface area is 212 Å². The zero-order valence-electron chi connectivity index (χ0n) is 21.7. The molecule has 1 atom stereocenters. The van der Waals surface area contributed by atoms with Gasteiger partial charge in [0.1, 0.15) is 11.5 Å². The van der Waals surface area contributed by atoms with Crippen LogP contribution in [-0.4, -0.2) is 52.2 Å². The molecule has 0 saturated carbocycles. The Balaban J connectivity index is 1.94. The minimum absolute atomic E-state index is 0.0854. The first-order chi connectivity index (χ1) is 17.1. The predicted molar refractivity (Wildman–Crippen MR) is 137 cm³/mol. The van der Waals surface area contributed by atoms with Crippen molar-refractivity contribution < 1.29 is 23.4 Å². The molecule has 0 radical (unpaired) electrons. The van der Waals surface area contributed by atoms with E-state index in [2.05, 4.69) is 37.7 Å². The lowest BCUT2D eigenvalue weighted by molar-refractivity contribution is 0.00516. The van der Waals surface area contributed by atoms with Gasteiger partial charge in [-0.05, 0) is 24.0 Å². The van der Waals surface area contributed by atoms with Crippen molar-refractivity contribution in [2.75, 3.05) is 26.3 Å². The molecule has 8 heteroatoms. The third-order valence-corrected chi connectivity index (χ3v) is 5.47. The number of hydrogen-bond donors (Lipinski definition) is 1. The molecule has 0 aliphatic heterocycles. The molecule has 0 bridgehead atoms. The normalized spacial score (nSPS) is 12.6. The van der Waals surface area contributed by atoms with E-state index in [0.717, 1.165) is 23.3 Å². The maximum Gasteiger partial charge on any atom is 0.222 e. The molecule has 1 N–H and O–H groups in total. The van der Waals surface area contributed by atoms with E-state index in [0.29, 0.717) is 49.7 Å². The van der Waals surface area contributed by atoms with Crippen molar-refractivity contribution in [2.24, 2.45) is 18.9 Å². The van der Waals surface area contributed by atoms with Gasteiger partial charge in [0.25, 0.3) is 0 Å². The number of aliphatic hydroxyl groups excluding tert-OH is 1. The van der Waals surface area contributed by atoms with Gasteiger partial charge in [0.15, 0.2) is 11.6 Å². The monoisotopic (exact) mass is 501 g/mol. The van der Waals surface area contributed by atoms with E-state index in [1.807, 2.05) is 30.3 Å². The minimum Gasteiger partial charge on any atom is -0.436 e. The highest BCUT2D eigenvalue weighted by molar-refractivity contribution is 5.65. The van der Waals surface area contributed by atoms with Gasteiger partial charge in [-0.25, -0.2) is 13.5 Å². The number of aryl methyl sites for hydroxylation is 1. The molecule has 0 saturated heterocycles. The van der Waals surface area contributed by atoms with E-state index in [1.54, 1.807) is 11.7 Å². The molecule has 2 aromatic carbocycles. The Kier molecular flexibility index (Phi) is 9.98. The summed E-state index contributed by atoms with van der Waals surface area (Å²) in [6, 6.07) is 12.9. The molecular formula is C28H37F2N3O3. The number of aromatic nitrogens is 2. The van der Waals surface area contributed by atoms with Crippen LogP contribution >= 0.6 is 0 Å². The summed E-state index contributed by atoms with van der Waals surface area (Å²) in [5.74, 6) is -0.465.